The molecule has 0 saturated carbocycles. The zero-order chi connectivity index (χ0) is 15.5. The molecule has 0 fully saturated rings. The number of hydrogen-bond donors (Lipinski definition) is 0. The predicted octanol–water partition coefficient (Wildman–Crippen LogP) is 4.52. The number of ether oxygens (including phenoxy) is 1. The summed E-state index contributed by atoms with van der Waals surface area (Å²) in [7, 11) is 0. The smallest absolute Gasteiger partial charge is 0.338 e. The van der Waals surface area contributed by atoms with E-state index in [4.69, 9.17) is 9.15 Å². The summed E-state index contributed by atoms with van der Waals surface area (Å²) < 4.78 is 12.7. The molecular weight excluding hydrogens is 483 g/mol. The lowest BCUT2D eigenvalue weighted by Gasteiger charge is -2.01. The molecule has 8 heteroatoms. The lowest BCUT2D eigenvalue weighted by atomic mass is 10.2. The van der Waals surface area contributed by atoms with Crippen molar-refractivity contribution in [1.29, 1.82) is 0 Å². The van der Waals surface area contributed by atoms with Gasteiger partial charge in [0.1, 0.15) is 0 Å². The Kier molecular flexibility index (Phi) is 4.89. The van der Waals surface area contributed by atoms with Crippen molar-refractivity contribution >= 4 is 55.8 Å². The zero-order valence-corrected chi connectivity index (χ0v) is 15.5. The predicted molar refractivity (Wildman–Crippen MR) is 93.6 cm³/mol. The second kappa shape index (κ2) is 6.88. The highest BCUT2D eigenvalue weighted by molar-refractivity contribution is 14.1. The van der Waals surface area contributed by atoms with Gasteiger partial charge in [-0.25, -0.2) is 4.79 Å². The van der Waals surface area contributed by atoms with Crippen LogP contribution in [0.3, 0.4) is 0 Å². The Labute approximate surface area is 152 Å². The highest BCUT2D eigenvalue weighted by Gasteiger charge is 2.13. The molecule has 0 unspecified atom stereocenters. The molecule has 0 aliphatic rings. The lowest BCUT2D eigenvalue weighted by molar-refractivity contribution is 0.0438. The zero-order valence-electron chi connectivity index (χ0n) is 11.0. The molecule has 2 heterocycles. The fraction of sp³-hybridized carbons (Fsp3) is 0.0714. The SMILES string of the molecule is O=C(OCc1nnc(-c2ccc(Br)s2)o1)c1ccc(I)cc1. The van der Waals surface area contributed by atoms with Gasteiger partial charge in [0.15, 0.2) is 6.61 Å². The van der Waals surface area contributed by atoms with Gasteiger partial charge in [-0.05, 0) is 74.9 Å². The van der Waals surface area contributed by atoms with Crippen LogP contribution in [0.15, 0.2) is 44.6 Å². The minimum absolute atomic E-state index is 0.0512. The van der Waals surface area contributed by atoms with Crippen molar-refractivity contribution in [3.63, 3.8) is 0 Å². The summed E-state index contributed by atoms with van der Waals surface area (Å²) in [5.41, 5.74) is 0.488. The van der Waals surface area contributed by atoms with Crippen molar-refractivity contribution in [2.45, 2.75) is 6.61 Å². The van der Waals surface area contributed by atoms with E-state index >= 15 is 0 Å². The molecule has 2 aromatic heterocycles. The first-order valence-electron chi connectivity index (χ1n) is 6.12. The molecule has 0 saturated heterocycles. The topological polar surface area (TPSA) is 65.2 Å². The summed E-state index contributed by atoms with van der Waals surface area (Å²) in [6.07, 6.45) is 0. The number of carbonyl (C=O) groups excluding carboxylic acids is 1. The summed E-state index contributed by atoms with van der Waals surface area (Å²) in [6.45, 7) is -0.0512. The number of benzene rings is 1. The molecule has 0 atom stereocenters. The number of thiophene rings is 1. The molecule has 3 aromatic rings. The van der Waals surface area contributed by atoms with E-state index in [1.807, 2.05) is 24.3 Å². The van der Waals surface area contributed by atoms with Gasteiger partial charge in [-0.15, -0.1) is 21.5 Å². The second-order valence-corrected chi connectivity index (χ2v) is 7.90. The first-order chi connectivity index (χ1) is 10.6. The van der Waals surface area contributed by atoms with Gasteiger partial charge < -0.3 is 9.15 Å². The normalized spacial score (nSPS) is 10.6. The Balaban J connectivity index is 1.63. The Morgan fingerprint density at radius 2 is 2.00 bits per heavy atom. The number of nitrogens with zero attached hydrogens (tertiary/aromatic N) is 2. The highest BCUT2D eigenvalue weighted by atomic mass is 127. The van der Waals surface area contributed by atoms with Gasteiger partial charge in [-0.3, -0.25) is 0 Å². The average Bonchev–Trinajstić information content (AvgIpc) is 3.14. The quantitative estimate of drug-likeness (QED) is 0.397. The molecule has 112 valence electrons. The fourth-order valence-electron chi connectivity index (χ4n) is 1.64. The van der Waals surface area contributed by atoms with Crippen LogP contribution in [0.4, 0.5) is 0 Å². The molecule has 3 rings (SSSR count). The molecular formula is C14H8BrIN2O3S. The largest absolute Gasteiger partial charge is 0.452 e. The van der Waals surface area contributed by atoms with Gasteiger partial charge in [-0.2, -0.15) is 0 Å². The third-order valence-corrected chi connectivity index (χ3v) is 4.99. The molecule has 0 aliphatic carbocycles. The van der Waals surface area contributed by atoms with Crippen molar-refractivity contribution in [3.05, 3.63) is 55.2 Å². The molecule has 5 nitrogen and oxygen atoms in total. The van der Waals surface area contributed by atoms with Gasteiger partial charge in [-0.1, -0.05) is 0 Å². The monoisotopic (exact) mass is 490 g/mol. The van der Waals surface area contributed by atoms with Crippen LogP contribution in [0.2, 0.25) is 0 Å². The fourth-order valence-corrected chi connectivity index (χ4v) is 3.30. The van der Waals surface area contributed by atoms with E-state index in [2.05, 4.69) is 48.7 Å². The van der Waals surface area contributed by atoms with Gasteiger partial charge in [0.05, 0.1) is 14.2 Å². The van der Waals surface area contributed by atoms with Crippen LogP contribution in [-0.4, -0.2) is 16.2 Å². The van der Waals surface area contributed by atoms with E-state index in [1.54, 1.807) is 12.1 Å². The van der Waals surface area contributed by atoms with E-state index in [9.17, 15) is 4.79 Å². The minimum Gasteiger partial charge on any atom is -0.452 e. The van der Waals surface area contributed by atoms with E-state index in [0.717, 1.165) is 12.2 Å². The summed E-state index contributed by atoms with van der Waals surface area (Å²) in [4.78, 5) is 12.7. The van der Waals surface area contributed by atoms with Crippen molar-refractivity contribution in [2.75, 3.05) is 0 Å². The Morgan fingerprint density at radius 1 is 1.23 bits per heavy atom. The maximum atomic E-state index is 11.9. The van der Waals surface area contributed by atoms with E-state index in [1.165, 1.54) is 11.3 Å². The number of aromatic nitrogens is 2. The Morgan fingerprint density at radius 3 is 2.68 bits per heavy atom. The minimum atomic E-state index is -0.421. The molecule has 0 spiro atoms. The molecule has 0 radical (unpaired) electrons. The number of rotatable bonds is 4. The maximum absolute atomic E-state index is 11.9. The summed E-state index contributed by atoms with van der Waals surface area (Å²) in [5, 5.41) is 7.82. The molecule has 0 amide bonds. The summed E-state index contributed by atoms with van der Waals surface area (Å²) >= 11 is 7.04. The molecule has 1 aromatic carbocycles. The molecule has 0 N–H and O–H groups in total. The summed E-state index contributed by atoms with van der Waals surface area (Å²) in [6, 6.07) is 10.9. The van der Waals surface area contributed by atoms with Crippen LogP contribution in [0.25, 0.3) is 10.8 Å². The van der Waals surface area contributed by atoms with Crippen LogP contribution in [0.1, 0.15) is 16.2 Å². The van der Waals surface area contributed by atoms with Crippen molar-refractivity contribution < 1.29 is 13.9 Å². The number of halogens is 2. The van der Waals surface area contributed by atoms with Crippen LogP contribution < -0.4 is 0 Å². The van der Waals surface area contributed by atoms with Gasteiger partial charge in [0.25, 0.3) is 11.8 Å². The number of carbonyl (C=O) groups is 1. The second-order valence-electron chi connectivity index (χ2n) is 4.19. The third-order valence-electron chi connectivity index (χ3n) is 2.66. The molecule has 22 heavy (non-hydrogen) atoms. The van der Waals surface area contributed by atoms with Gasteiger partial charge in [0, 0.05) is 3.57 Å². The Hall–Kier alpha value is -1.26. The first kappa shape index (κ1) is 15.6. The third kappa shape index (κ3) is 3.73. The molecule has 0 bridgehead atoms. The van der Waals surface area contributed by atoms with Crippen molar-refractivity contribution in [3.8, 4) is 10.8 Å². The summed E-state index contributed by atoms with van der Waals surface area (Å²) in [5.74, 6) is 0.254. The lowest BCUT2D eigenvalue weighted by Crippen LogP contribution is -2.05. The van der Waals surface area contributed by atoms with Crippen LogP contribution in [0.5, 0.6) is 0 Å². The van der Waals surface area contributed by atoms with E-state index < -0.39 is 5.97 Å². The van der Waals surface area contributed by atoms with Gasteiger partial charge >= 0.3 is 5.97 Å². The van der Waals surface area contributed by atoms with Crippen LogP contribution in [0, 0.1) is 3.57 Å². The van der Waals surface area contributed by atoms with E-state index in [0.29, 0.717) is 11.5 Å². The van der Waals surface area contributed by atoms with Crippen LogP contribution >= 0.6 is 49.9 Å². The highest BCUT2D eigenvalue weighted by Crippen LogP contribution is 2.30. The van der Waals surface area contributed by atoms with Gasteiger partial charge in [0.2, 0.25) is 0 Å². The molecule has 0 aliphatic heterocycles. The number of esters is 1. The van der Waals surface area contributed by atoms with Crippen molar-refractivity contribution in [2.24, 2.45) is 0 Å². The van der Waals surface area contributed by atoms with Crippen LogP contribution in [-0.2, 0) is 11.3 Å². The maximum Gasteiger partial charge on any atom is 0.338 e. The van der Waals surface area contributed by atoms with E-state index in [-0.39, 0.29) is 12.5 Å². The van der Waals surface area contributed by atoms with Crippen molar-refractivity contribution in [1.82, 2.24) is 10.2 Å². The Bertz CT molecular complexity index is 801. The number of hydrogen-bond acceptors (Lipinski definition) is 6. The first-order valence-corrected chi connectivity index (χ1v) is 8.81. The average molecular weight is 491 g/mol. The standard InChI is InChI=1S/C14H8BrIN2O3S/c15-11-6-5-10(22-11)13-18-17-12(21-13)7-20-14(19)8-1-3-9(16)4-2-8/h1-6H,7H2.